The van der Waals surface area contributed by atoms with Crippen LogP contribution in [0.5, 0.6) is 17.2 Å². The number of esters is 1. The van der Waals surface area contributed by atoms with Gasteiger partial charge in [0.05, 0.1) is 37.1 Å². The Bertz CT molecular complexity index is 855. The number of rotatable bonds is 8. The third kappa shape index (κ3) is 5.07. The fraction of sp³-hybridized carbons (Fsp3) is 0.300. The van der Waals surface area contributed by atoms with Gasteiger partial charge in [0.1, 0.15) is 5.75 Å². The quantitative estimate of drug-likeness (QED) is 0.667. The first-order chi connectivity index (χ1) is 13.4. The van der Waals surface area contributed by atoms with Crippen molar-refractivity contribution in [2.75, 3.05) is 26.1 Å². The molecule has 0 aromatic heterocycles. The minimum atomic E-state index is -1.05. The Morgan fingerprint density at radius 1 is 1.11 bits per heavy atom. The highest BCUT2D eigenvalue weighted by atomic mass is 35.5. The van der Waals surface area contributed by atoms with Crippen LogP contribution >= 0.6 is 11.6 Å². The van der Waals surface area contributed by atoms with Crippen LogP contribution in [-0.2, 0) is 9.53 Å². The van der Waals surface area contributed by atoms with Crippen LogP contribution in [0, 0.1) is 0 Å². The molecule has 1 amide bonds. The van der Waals surface area contributed by atoms with Crippen molar-refractivity contribution < 1.29 is 28.5 Å². The van der Waals surface area contributed by atoms with E-state index in [0.717, 1.165) is 0 Å². The lowest BCUT2D eigenvalue weighted by atomic mass is 10.2. The van der Waals surface area contributed by atoms with Gasteiger partial charge >= 0.3 is 5.97 Å². The average molecular weight is 408 g/mol. The molecule has 2 aromatic rings. The summed E-state index contributed by atoms with van der Waals surface area (Å²) in [5.41, 5.74) is 0.617. The molecule has 2 rings (SSSR count). The van der Waals surface area contributed by atoms with Crippen molar-refractivity contribution in [3.63, 3.8) is 0 Å². The van der Waals surface area contributed by atoms with E-state index < -0.39 is 18.0 Å². The number of ether oxygens (including phenoxy) is 4. The minimum Gasteiger partial charge on any atom is -0.495 e. The molecule has 0 fully saturated rings. The maximum absolute atomic E-state index is 12.4. The molecule has 2 aromatic carbocycles. The highest BCUT2D eigenvalue weighted by Gasteiger charge is 2.22. The second kappa shape index (κ2) is 9.85. The molecular weight excluding hydrogens is 386 g/mol. The molecule has 7 nitrogen and oxygen atoms in total. The number of carbonyl (C=O) groups is 2. The highest BCUT2D eigenvalue weighted by Crippen LogP contribution is 2.36. The van der Waals surface area contributed by atoms with Crippen LogP contribution in [0.2, 0.25) is 5.02 Å². The van der Waals surface area contributed by atoms with E-state index >= 15 is 0 Å². The van der Waals surface area contributed by atoms with Crippen molar-refractivity contribution in [2.24, 2.45) is 0 Å². The largest absolute Gasteiger partial charge is 0.495 e. The van der Waals surface area contributed by atoms with Crippen LogP contribution < -0.4 is 19.5 Å². The second-order valence-corrected chi connectivity index (χ2v) is 6.07. The Kier molecular flexibility index (Phi) is 7.52. The van der Waals surface area contributed by atoms with E-state index in [1.807, 2.05) is 0 Å². The van der Waals surface area contributed by atoms with Crippen molar-refractivity contribution in [1.29, 1.82) is 0 Å². The number of amides is 1. The van der Waals surface area contributed by atoms with E-state index in [1.165, 1.54) is 33.3 Å². The summed E-state index contributed by atoms with van der Waals surface area (Å²) in [6.45, 7) is 3.66. The summed E-state index contributed by atoms with van der Waals surface area (Å²) in [6.07, 6.45) is -1.05. The zero-order valence-electron chi connectivity index (χ0n) is 16.1. The van der Waals surface area contributed by atoms with Gasteiger partial charge in [0.25, 0.3) is 5.91 Å². The standard InChI is InChI=1S/C20H22ClNO6/c1-5-27-18-14(21)10-13(11-17(18)26-4)20(24)28-12(2)19(23)22-15-8-6-7-9-16(15)25-3/h6-12H,5H2,1-4H3,(H,22,23)/t12-/m0/s1. The predicted octanol–water partition coefficient (Wildman–Crippen LogP) is 3.94. The van der Waals surface area contributed by atoms with Crippen LogP contribution in [0.3, 0.4) is 0 Å². The number of benzene rings is 2. The zero-order valence-corrected chi connectivity index (χ0v) is 16.8. The Morgan fingerprint density at radius 3 is 2.43 bits per heavy atom. The fourth-order valence-corrected chi connectivity index (χ4v) is 2.65. The number of carbonyl (C=O) groups excluding carboxylic acids is 2. The monoisotopic (exact) mass is 407 g/mol. The summed E-state index contributed by atoms with van der Waals surface area (Å²) >= 11 is 6.17. The Morgan fingerprint density at radius 2 is 1.79 bits per heavy atom. The van der Waals surface area contributed by atoms with E-state index in [4.69, 9.17) is 30.5 Å². The Hall–Kier alpha value is -2.93. The third-order valence-electron chi connectivity index (χ3n) is 3.77. The second-order valence-electron chi connectivity index (χ2n) is 5.66. The summed E-state index contributed by atoms with van der Waals surface area (Å²) in [6, 6.07) is 9.78. The molecule has 0 aliphatic heterocycles. The van der Waals surface area contributed by atoms with Gasteiger partial charge in [0.2, 0.25) is 0 Å². The summed E-state index contributed by atoms with van der Waals surface area (Å²) in [5.74, 6) is -0.0808. The van der Waals surface area contributed by atoms with Crippen LogP contribution in [-0.4, -0.2) is 38.8 Å². The molecule has 1 N–H and O–H groups in total. The van der Waals surface area contributed by atoms with E-state index in [9.17, 15) is 9.59 Å². The number of anilines is 1. The molecule has 28 heavy (non-hydrogen) atoms. The van der Waals surface area contributed by atoms with Gasteiger partial charge in [-0.05, 0) is 38.1 Å². The molecule has 0 heterocycles. The van der Waals surface area contributed by atoms with Crippen LogP contribution in [0.1, 0.15) is 24.2 Å². The summed E-state index contributed by atoms with van der Waals surface area (Å²) in [5, 5.41) is 2.87. The van der Waals surface area contributed by atoms with Crippen molar-refractivity contribution >= 4 is 29.2 Å². The third-order valence-corrected chi connectivity index (χ3v) is 4.05. The van der Waals surface area contributed by atoms with E-state index in [-0.39, 0.29) is 10.6 Å². The van der Waals surface area contributed by atoms with E-state index in [0.29, 0.717) is 29.5 Å². The number of methoxy groups -OCH3 is 2. The molecule has 0 aliphatic rings. The average Bonchev–Trinajstić information content (AvgIpc) is 2.69. The lowest BCUT2D eigenvalue weighted by molar-refractivity contribution is -0.123. The fourth-order valence-electron chi connectivity index (χ4n) is 2.39. The first-order valence-corrected chi connectivity index (χ1v) is 8.94. The normalized spacial score (nSPS) is 11.3. The highest BCUT2D eigenvalue weighted by molar-refractivity contribution is 6.32. The van der Waals surface area contributed by atoms with Crippen molar-refractivity contribution in [2.45, 2.75) is 20.0 Å². The summed E-state index contributed by atoms with van der Waals surface area (Å²) in [4.78, 5) is 24.8. The van der Waals surface area contributed by atoms with Gasteiger partial charge in [-0.15, -0.1) is 0 Å². The minimum absolute atomic E-state index is 0.141. The molecule has 0 bridgehead atoms. The molecule has 0 unspecified atom stereocenters. The lowest BCUT2D eigenvalue weighted by Crippen LogP contribution is -2.30. The van der Waals surface area contributed by atoms with Crippen molar-refractivity contribution in [3.8, 4) is 17.2 Å². The van der Waals surface area contributed by atoms with Crippen LogP contribution in [0.25, 0.3) is 0 Å². The summed E-state index contributed by atoms with van der Waals surface area (Å²) in [7, 11) is 2.93. The van der Waals surface area contributed by atoms with Gasteiger partial charge in [-0.1, -0.05) is 23.7 Å². The number of para-hydroxylation sites is 2. The molecule has 0 aliphatic carbocycles. The lowest BCUT2D eigenvalue weighted by Gasteiger charge is -2.16. The maximum atomic E-state index is 12.4. The number of nitrogens with one attached hydrogen (secondary N) is 1. The van der Waals surface area contributed by atoms with E-state index in [1.54, 1.807) is 31.2 Å². The van der Waals surface area contributed by atoms with Gasteiger partial charge in [-0.3, -0.25) is 4.79 Å². The zero-order chi connectivity index (χ0) is 20.7. The SMILES string of the molecule is CCOc1c(Cl)cc(C(=O)O[C@@H](C)C(=O)Nc2ccccc2OC)cc1OC. The topological polar surface area (TPSA) is 83.1 Å². The predicted molar refractivity (Wildman–Crippen MR) is 106 cm³/mol. The van der Waals surface area contributed by atoms with Gasteiger partial charge in [0, 0.05) is 0 Å². The molecule has 0 saturated heterocycles. The smallest absolute Gasteiger partial charge is 0.339 e. The molecule has 150 valence electrons. The van der Waals surface area contributed by atoms with Gasteiger partial charge in [-0.2, -0.15) is 0 Å². The van der Waals surface area contributed by atoms with Crippen molar-refractivity contribution in [3.05, 3.63) is 47.0 Å². The molecule has 8 heteroatoms. The van der Waals surface area contributed by atoms with Crippen molar-refractivity contribution in [1.82, 2.24) is 0 Å². The molecular formula is C20H22ClNO6. The Labute approximate surface area is 168 Å². The molecule has 0 radical (unpaired) electrons. The van der Waals surface area contributed by atoms with Gasteiger partial charge in [0.15, 0.2) is 17.6 Å². The first kappa shape index (κ1) is 21.4. The van der Waals surface area contributed by atoms with Crippen LogP contribution in [0.4, 0.5) is 5.69 Å². The summed E-state index contributed by atoms with van der Waals surface area (Å²) < 4.78 is 21.1. The Balaban J connectivity index is 2.11. The molecule has 0 saturated carbocycles. The number of halogens is 1. The van der Waals surface area contributed by atoms with Gasteiger partial charge < -0.3 is 24.3 Å². The first-order valence-electron chi connectivity index (χ1n) is 8.56. The molecule has 1 atom stereocenters. The number of hydrogen-bond acceptors (Lipinski definition) is 6. The van der Waals surface area contributed by atoms with Gasteiger partial charge in [-0.25, -0.2) is 4.79 Å². The maximum Gasteiger partial charge on any atom is 0.339 e. The number of hydrogen-bond donors (Lipinski definition) is 1. The molecule has 0 spiro atoms. The van der Waals surface area contributed by atoms with E-state index in [2.05, 4.69) is 5.32 Å². The van der Waals surface area contributed by atoms with Crippen LogP contribution in [0.15, 0.2) is 36.4 Å².